The summed E-state index contributed by atoms with van der Waals surface area (Å²) in [6.45, 7) is 5.04. The fourth-order valence-corrected chi connectivity index (χ4v) is 3.57. The van der Waals surface area contributed by atoms with E-state index >= 15 is 0 Å². The number of fused-ring (bicyclic) bond motifs is 1. The van der Waals surface area contributed by atoms with Crippen molar-refractivity contribution in [1.29, 1.82) is 0 Å². The van der Waals surface area contributed by atoms with Crippen LogP contribution in [0.5, 0.6) is 0 Å². The number of carbonyl (C=O) groups excluding carboxylic acids is 2. The number of hydrogen-bond donors (Lipinski definition) is 1. The number of nitrogens with one attached hydrogen (secondary N) is 1. The van der Waals surface area contributed by atoms with Gasteiger partial charge in [-0.3, -0.25) is 4.79 Å². The molecule has 0 aliphatic carbocycles. The maximum Gasteiger partial charge on any atom is 0.408 e. The summed E-state index contributed by atoms with van der Waals surface area (Å²) in [6.07, 6.45) is -0.970. The van der Waals surface area contributed by atoms with Crippen LogP contribution >= 0.6 is 11.3 Å². The van der Waals surface area contributed by atoms with Gasteiger partial charge in [0.1, 0.15) is 23.3 Å². The Morgan fingerprint density at radius 3 is 2.55 bits per heavy atom. The fourth-order valence-electron chi connectivity index (χ4n) is 2.98. The Morgan fingerprint density at radius 1 is 1.23 bits per heavy atom. The van der Waals surface area contributed by atoms with E-state index in [1.54, 1.807) is 39.0 Å². The number of carbonyl (C=O) groups is 2. The fraction of sp³-hybridized carbons (Fsp3) is 0.318. The summed E-state index contributed by atoms with van der Waals surface area (Å²) in [5.74, 6) is -2.07. The van der Waals surface area contributed by atoms with Gasteiger partial charge < -0.3 is 15.0 Å². The third-order valence-corrected chi connectivity index (χ3v) is 5.08. The van der Waals surface area contributed by atoms with E-state index in [-0.39, 0.29) is 17.5 Å². The number of amides is 2. The van der Waals surface area contributed by atoms with Crippen molar-refractivity contribution in [1.82, 2.24) is 10.3 Å². The van der Waals surface area contributed by atoms with E-state index in [1.807, 2.05) is 0 Å². The van der Waals surface area contributed by atoms with Gasteiger partial charge in [0.2, 0.25) is 5.91 Å². The van der Waals surface area contributed by atoms with Crippen LogP contribution in [0.1, 0.15) is 27.7 Å². The molecule has 0 aliphatic heterocycles. The predicted octanol–water partition coefficient (Wildman–Crippen LogP) is 4.67. The number of rotatable bonds is 5. The number of aromatic nitrogens is 1. The summed E-state index contributed by atoms with van der Waals surface area (Å²) < 4.78 is 41.1. The van der Waals surface area contributed by atoms with E-state index in [4.69, 9.17) is 6.11 Å². The minimum absolute atomic E-state index is 0.146. The molecule has 1 heterocycles. The van der Waals surface area contributed by atoms with Crippen LogP contribution in [0, 0.1) is 11.6 Å². The Bertz CT molecular complexity index is 1140. The van der Waals surface area contributed by atoms with E-state index in [0.717, 1.165) is 22.9 Å². The number of alkyl carbamates (subject to hydrolysis) is 1. The molecule has 2 aromatic carbocycles. The average Bonchev–Trinajstić information content (AvgIpc) is 3.03. The summed E-state index contributed by atoms with van der Waals surface area (Å²) in [6, 6.07) is 6.92. The standard InChI is InChI=1S/C22H23F2N3O3S/c1-22(2,3)30-21(29)26-18(9-13-7-14(23)10-15(24)8-13)20(28)27(4)16-5-6-19-17(11-16)25-12-31-19/h5-8,10-12,18H,9H2,1-4H3,(H,26,29)/t18-/m0/s1/i12D. The van der Waals surface area contributed by atoms with Crippen LogP contribution < -0.4 is 10.2 Å². The smallest absolute Gasteiger partial charge is 0.408 e. The summed E-state index contributed by atoms with van der Waals surface area (Å²) in [4.78, 5) is 31.1. The van der Waals surface area contributed by atoms with Crippen LogP contribution in [0.4, 0.5) is 19.3 Å². The van der Waals surface area contributed by atoms with Crippen molar-refractivity contribution < 1.29 is 24.5 Å². The largest absolute Gasteiger partial charge is 0.444 e. The molecular formula is C22H23F2N3O3S. The lowest BCUT2D eigenvalue weighted by Gasteiger charge is -2.26. The third kappa shape index (κ3) is 5.97. The minimum Gasteiger partial charge on any atom is -0.444 e. The van der Waals surface area contributed by atoms with Crippen molar-refractivity contribution in [2.75, 3.05) is 11.9 Å². The number of halogens is 2. The van der Waals surface area contributed by atoms with E-state index < -0.39 is 35.3 Å². The molecule has 3 aromatic rings. The number of likely N-dealkylation sites (N-methyl/N-ethyl adjacent to an activating group) is 1. The Morgan fingerprint density at radius 2 is 1.90 bits per heavy atom. The molecule has 0 radical (unpaired) electrons. The van der Waals surface area contributed by atoms with Crippen molar-refractivity contribution in [2.24, 2.45) is 0 Å². The summed E-state index contributed by atoms with van der Waals surface area (Å²) in [7, 11) is 1.52. The average molecular weight is 449 g/mol. The van der Waals surface area contributed by atoms with Gasteiger partial charge >= 0.3 is 6.09 Å². The SMILES string of the molecule is [2H]c1nc2cc(N(C)C(=O)[C@H](Cc3cc(F)cc(F)c3)NC(=O)OC(C)(C)C)ccc2s1. The molecule has 31 heavy (non-hydrogen) atoms. The molecule has 1 atom stereocenters. The van der Waals surface area contributed by atoms with E-state index in [0.29, 0.717) is 11.2 Å². The highest BCUT2D eigenvalue weighted by atomic mass is 32.1. The van der Waals surface area contributed by atoms with Gasteiger partial charge in [0.25, 0.3) is 0 Å². The first kappa shape index (κ1) is 21.2. The van der Waals surface area contributed by atoms with Gasteiger partial charge in [-0.2, -0.15) is 0 Å². The quantitative estimate of drug-likeness (QED) is 0.616. The zero-order chi connectivity index (χ0) is 23.6. The van der Waals surface area contributed by atoms with E-state index in [2.05, 4.69) is 10.3 Å². The van der Waals surface area contributed by atoms with Gasteiger partial charge in [0.05, 0.1) is 17.1 Å². The van der Waals surface area contributed by atoms with Crippen LogP contribution in [0.2, 0.25) is 0 Å². The number of benzene rings is 2. The van der Waals surface area contributed by atoms with Crippen molar-refractivity contribution in [3.05, 3.63) is 59.1 Å². The molecule has 0 spiro atoms. The summed E-state index contributed by atoms with van der Waals surface area (Å²) >= 11 is 1.21. The molecule has 164 valence electrons. The van der Waals surface area contributed by atoms with Crippen LogP contribution in [0.25, 0.3) is 10.2 Å². The van der Waals surface area contributed by atoms with E-state index in [1.165, 1.54) is 23.3 Å². The zero-order valence-corrected chi connectivity index (χ0v) is 18.3. The molecule has 0 fully saturated rings. The molecule has 9 heteroatoms. The first-order valence-electron chi connectivity index (χ1n) is 10.0. The first-order valence-corrected chi connectivity index (χ1v) is 10.3. The number of anilines is 1. The van der Waals surface area contributed by atoms with Gasteiger partial charge in [-0.25, -0.2) is 18.6 Å². The second kappa shape index (κ2) is 8.97. The van der Waals surface area contributed by atoms with Gasteiger partial charge in [-0.05, 0) is 56.7 Å². The number of nitrogens with zero attached hydrogens (tertiary/aromatic N) is 2. The Balaban J connectivity index is 1.88. The van der Waals surface area contributed by atoms with Gasteiger partial charge in [0.15, 0.2) is 0 Å². The molecule has 0 bridgehead atoms. The highest BCUT2D eigenvalue weighted by molar-refractivity contribution is 7.16. The summed E-state index contributed by atoms with van der Waals surface area (Å²) in [5, 5.41) is 2.51. The minimum atomic E-state index is -1.14. The van der Waals surface area contributed by atoms with Crippen LogP contribution in [0.3, 0.4) is 0 Å². The van der Waals surface area contributed by atoms with Gasteiger partial charge in [-0.1, -0.05) is 0 Å². The molecule has 3 rings (SSSR count). The normalized spacial score (nSPS) is 12.9. The molecule has 0 saturated carbocycles. The number of ether oxygens (including phenoxy) is 1. The lowest BCUT2D eigenvalue weighted by molar-refractivity contribution is -0.120. The Kier molecular flexibility index (Phi) is 6.13. The second-order valence-corrected chi connectivity index (χ2v) is 8.86. The first-order chi connectivity index (χ1) is 14.9. The lowest BCUT2D eigenvalue weighted by Crippen LogP contribution is -2.50. The molecule has 6 nitrogen and oxygen atoms in total. The summed E-state index contributed by atoms with van der Waals surface area (Å²) in [5.41, 5.74) is 0.635. The zero-order valence-electron chi connectivity index (χ0n) is 18.5. The predicted molar refractivity (Wildman–Crippen MR) is 116 cm³/mol. The highest BCUT2D eigenvalue weighted by Gasteiger charge is 2.28. The highest BCUT2D eigenvalue weighted by Crippen LogP contribution is 2.24. The molecule has 1 aromatic heterocycles. The van der Waals surface area contributed by atoms with Crippen molar-refractivity contribution in [3.63, 3.8) is 0 Å². The number of hydrogen-bond acceptors (Lipinski definition) is 5. The Labute approximate surface area is 184 Å². The van der Waals surface area contributed by atoms with Crippen molar-refractivity contribution in [3.8, 4) is 0 Å². The van der Waals surface area contributed by atoms with Crippen molar-refractivity contribution in [2.45, 2.75) is 38.8 Å². The Hall–Kier alpha value is -3.07. The van der Waals surface area contributed by atoms with Crippen LogP contribution in [-0.4, -0.2) is 35.7 Å². The molecule has 0 saturated heterocycles. The molecule has 1 N–H and O–H groups in total. The maximum absolute atomic E-state index is 13.7. The van der Waals surface area contributed by atoms with Crippen LogP contribution in [0.15, 0.2) is 41.9 Å². The maximum atomic E-state index is 13.7. The topological polar surface area (TPSA) is 71.5 Å². The molecule has 0 aliphatic rings. The van der Waals surface area contributed by atoms with Crippen LogP contribution in [-0.2, 0) is 16.0 Å². The lowest BCUT2D eigenvalue weighted by atomic mass is 10.0. The molecular weight excluding hydrogens is 424 g/mol. The van der Waals surface area contributed by atoms with Crippen molar-refractivity contribution >= 4 is 39.2 Å². The monoisotopic (exact) mass is 448 g/mol. The third-order valence-electron chi connectivity index (χ3n) is 4.33. The van der Waals surface area contributed by atoms with E-state index in [9.17, 15) is 18.4 Å². The van der Waals surface area contributed by atoms with Gasteiger partial charge in [0, 0.05) is 25.2 Å². The molecule has 2 amide bonds. The number of thiazole rings is 1. The second-order valence-electron chi connectivity index (χ2n) is 8.04. The van der Waals surface area contributed by atoms with Gasteiger partial charge in [-0.15, -0.1) is 11.3 Å². The molecule has 0 unspecified atom stereocenters.